The fraction of sp³-hybridized carbons (Fsp3) is 0.500. The van der Waals surface area contributed by atoms with Crippen LogP contribution < -0.4 is 4.43 Å². The van der Waals surface area contributed by atoms with E-state index in [4.69, 9.17) is 16.0 Å². The van der Waals surface area contributed by atoms with Gasteiger partial charge in [0.2, 0.25) is 0 Å². The van der Waals surface area contributed by atoms with Crippen LogP contribution in [0.25, 0.3) is 0 Å². The van der Waals surface area contributed by atoms with Crippen molar-refractivity contribution in [3.05, 3.63) is 27.4 Å². The highest BCUT2D eigenvalue weighted by Crippen LogP contribution is 2.40. The molecule has 0 atom stereocenters. The third-order valence-corrected chi connectivity index (χ3v) is 8.39. The quantitative estimate of drug-likeness (QED) is 0.501. The molecular formula is C12H17BrClFOSi. The summed E-state index contributed by atoms with van der Waals surface area (Å²) in [6, 6.07) is 2.87. The van der Waals surface area contributed by atoms with Gasteiger partial charge in [-0.25, -0.2) is 4.39 Å². The minimum absolute atomic E-state index is 0.0554. The van der Waals surface area contributed by atoms with E-state index in [-0.39, 0.29) is 10.9 Å². The normalized spacial score (nSPS) is 12.7. The van der Waals surface area contributed by atoms with Crippen molar-refractivity contribution in [2.75, 3.05) is 0 Å². The molecule has 0 N–H and O–H groups in total. The van der Waals surface area contributed by atoms with Gasteiger partial charge in [-0.3, -0.25) is 0 Å². The highest BCUT2D eigenvalue weighted by molar-refractivity contribution is 9.10. The standard InChI is InChI=1S/C12H17BrClFOSi/c1-12(2,3)17(4,5)16-11-7-10(15)8(13)6-9(11)14/h6-7H,1-5H3. The fourth-order valence-corrected chi connectivity index (χ4v) is 2.78. The summed E-state index contributed by atoms with van der Waals surface area (Å²) in [7, 11) is -1.98. The first-order valence-electron chi connectivity index (χ1n) is 5.38. The van der Waals surface area contributed by atoms with Crippen LogP contribution in [0.15, 0.2) is 16.6 Å². The zero-order valence-corrected chi connectivity index (χ0v) is 14.0. The molecule has 0 bridgehead atoms. The first-order chi connectivity index (χ1) is 7.54. The van der Waals surface area contributed by atoms with Gasteiger partial charge in [-0.05, 0) is 40.1 Å². The monoisotopic (exact) mass is 338 g/mol. The largest absolute Gasteiger partial charge is 0.542 e. The summed E-state index contributed by atoms with van der Waals surface area (Å²) in [6.45, 7) is 10.6. The molecule has 0 aliphatic rings. The van der Waals surface area contributed by atoms with E-state index in [0.717, 1.165) is 0 Å². The maximum absolute atomic E-state index is 13.5. The zero-order chi connectivity index (χ0) is 13.4. The summed E-state index contributed by atoms with van der Waals surface area (Å²) in [6.07, 6.45) is 0. The molecule has 1 nitrogen and oxygen atoms in total. The fourth-order valence-electron chi connectivity index (χ4n) is 1.01. The Kier molecular flexibility index (Phi) is 4.32. The molecule has 5 heteroatoms. The van der Waals surface area contributed by atoms with E-state index in [1.54, 1.807) is 0 Å². The first-order valence-corrected chi connectivity index (χ1v) is 9.46. The molecule has 0 aliphatic carbocycles. The molecular weight excluding hydrogens is 323 g/mol. The van der Waals surface area contributed by atoms with E-state index < -0.39 is 8.32 Å². The van der Waals surface area contributed by atoms with Crippen LogP contribution in [0, 0.1) is 5.82 Å². The molecule has 17 heavy (non-hydrogen) atoms. The predicted molar refractivity (Wildman–Crippen MR) is 76.9 cm³/mol. The van der Waals surface area contributed by atoms with Gasteiger partial charge in [-0.1, -0.05) is 32.4 Å². The molecule has 0 radical (unpaired) electrons. The van der Waals surface area contributed by atoms with Gasteiger partial charge >= 0.3 is 0 Å². The summed E-state index contributed by atoms with van der Waals surface area (Å²) in [5.41, 5.74) is 0. The Morgan fingerprint density at radius 3 is 2.29 bits per heavy atom. The van der Waals surface area contributed by atoms with E-state index in [2.05, 4.69) is 49.8 Å². The molecule has 96 valence electrons. The summed E-state index contributed by atoms with van der Waals surface area (Å²) < 4.78 is 19.8. The molecule has 0 fully saturated rings. The van der Waals surface area contributed by atoms with Crippen LogP contribution in [0.4, 0.5) is 4.39 Å². The number of rotatable bonds is 2. The molecule has 1 rings (SSSR count). The van der Waals surface area contributed by atoms with E-state index in [0.29, 0.717) is 15.2 Å². The zero-order valence-electron chi connectivity index (χ0n) is 10.7. The average molecular weight is 340 g/mol. The lowest BCUT2D eigenvalue weighted by Crippen LogP contribution is -2.43. The smallest absolute Gasteiger partial charge is 0.250 e. The molecule has 0 amide bonds. The number of benzene rings is 1. The van der Waals surface area contributed by atoms with Gasteiger partial charge in [0.25, 0.3) is 8.32 Å². The van der Waals surface area contributed by atoms with Gasteiger partial charge in [0.1, 0.15) is 11.6 Å². The highest BCUT2D eigenvalue weighted by atomic mass is 79.9. The van der Waals surface area contributed by atoms with Crippen molar-refractivity contribution < 1.29 is 8.82 Å². The Morgan fingerprint density at radius 1 is 1.29 bits per heavy atom. The topological polar surface area (TPSA) is 9.23 Å². The third kappa shape index (κ3) is 3.45. The molecule has 0 spiro atoms. The summed E-state index contributed by atoms with van der Waals surface area (Å²) in [4.78, 5) is 0. The van der Waals surface area contributed by atoms with Crippen molar-refractivity contribution in [1.82, 2.24) is 0 Å². The second kappa shape index (κ2) is 4.90. The predicted octanol–water partition coefficient (Wildman–Crippen LogP) is 5.63. The maximum Gasteiger partial charge on any atom is 0.250 e. The molecule has 0 aliphatic heterocycles. The summed E-state index contributed by atoms with van der Waals surface area (Å²) >= 11 is 9.15. The van der Waals surface area contributed by atoms with Gasteiger partial charge < -0.3 is 4.43 Å². The highest BCUT2D eigenvalue weighted by Gasteiger charge is 2.39. The molecule has 1 aromatic rings. The SMILES string of the molecule is CC(C)(C)[Si](C)(C)Oc1cc(F)c(Br)cc1Cl. The molecule has 1 aromatic carbocycles. The number of hydrogen-bond donors (Lipinski definition) is 0. The Hall–Kier alpha value is -0.0631. The first kappa shape index (κ1) is 15.0. The van der Waals surface area contributed by atoms with Crippen molar-refractivity contribution in [1.29, 1.82) is 0 Å². The van der Waals surface area contributed by atoms with Crippen LogP contribution in [0.5, 0.6) is 5.75 Å². The van der Waals surface area contributed by atoms with Gasteiger partial charge in [-0.15, -0.1) is 0 Å². The molecule has 0 aromatic heterocycles. The minimum Gasteiger partial charge on any atom is -0.542 e. The lowest BCUT2D eigenvalue weighted by Gasteiger charge is -2.36. The van der Waals surface area contributed by atoms with Crippen molar-refractivity contribution in [2.24, 2.45) is 0 Å². The van der Waals surface area contributed by atoms with Gasteiger partial charge in [-0.2, -0.15) is 0 Å². The minimum atomic E-state index is -1.98. The van der Waals surface area contributed by atoms with Crippen molar-refractivity contribution in [3.8, 4) is 5.75 Å². The molecule has 0 heterocycles. The third-order valence-electron chi connectivity index (χ3n) is 3.15. The molecule has 0 saturated carbocycles. The number of hydrogen-bond acceptors (Lipinski definition) is 1. The van der Waals surface area contributed by atoms with Gasteiger partial charge in [0.05, 0.1) is 9.50 Å². The van der Waals surface area contributed by atoms with Crippen molar-refractivity contribution >= 4 is 35.8 Å². The van der Waals surface area contributed by atoms with E-state index in [1.165, 1.54) is 12.1 Å². The Bertz CT molecular complexity index is 429. The van der Waals surface area contributed by atoms with E-state index in [9.17, 15) is 4.39 Å². The molecule has 0 saturated heterocycles. The van der Waals surface area contributed by atoms with Crippen LogP contribution in [0.2, 0.25) is 23.2 Å². The second-order valence-electron chi connectivity index (χ2n) is 5.56. The van der Waals surface area contributed by atoms with Crippen LogP contribution >= 0.6 is 27.5 Å². The Labute approximate surface area is 117 Å². The number of halogens is 3. The Balaban J connectivity index is 3.08. The molecule has 0 unspecified atom stereocenters. The summed E-state index contributed by atoms with van der Waals surface area (Å²) in [5, 5.41) is 0.489. The maximum atomic E-state index is 13.5. The van der Waals surface area contributed by atoms with Crippen LogP contribution in [0.1, 0.15) is 20.8 Å². The Morgan fingerprint density at radius 2 is 1.82 bits per heavy atom. The lowest BCUT2D eigenvalue weighted by molar-refractivity contribution is 0.487. The summed E-state index contributed by atoms with van der Waals surface area (Å²) in [5.74, 6) is 0.0714. The average Bonchev–Trinajstić information content (AvgIpc) is 2.12. The van der Waals surface area contributed by atoms with Crippen molar-refractivity contribution in [3.63, 3.8) is 0 Å². The second-order valence-corrected chi connectivity index (χ2v) is 11.5. The van der Waals surface area contributed by atoms with Gasteiger partial charge in [0, 0.05) is 6.07 Å². The lowest BCUT2D eigenvalue weighted by atomic mass is 10.2. The van der Waals surface area contributed by atoms with E-state index >= 15 is 0 Å². The van der Waals surface area contributed by atoms with Crippen LogP contribution in [0.3, 0.4) is 0 Å². The van der Waals surface area contributed by atoms with Gasteiger partial charge in [0.15, 0.2) is 0 Å². The van der Waals surface area contributed by atoms with Crippen LogP contribution in [-0.4, -0.2) is 8.32 Å². The van der Waals surface area contributed by atoms with E-state index in [1.807, 2.05) is 0 Å². The van der Waals surface area contributed by atoms with Crippen LogP contribution in [-0.2, 0) is 0 Å². The van der Waals surface area contributed by atoms with Crippen molar-refractivity contribution in [2.45, 2.75) is 38.9 Å².